The summed E-state index contributed by atoms with van der Waals surface area (Å²) in [5.74, 6) is -0.374. The summed E-state index contributed by atoms with van der Waals surface area (Å²) in [6, 6.07) is 4.46. The predicted octanol–water partition coefficient (Wildman–Crippen LogP) is 2.88. The van der Waals surface area contributed by atoms with E-state index in [1.165, 1.54) is 13.0 Å². The third-order valence-electron chi connectivity index (χ3n) is 4.99. The molecule has 0 spiro atoms. The van der Waals surface area contributed by atoms with Crippen molar-refractivity contribution in [3.05, 3.63) is 34.6 Å². The molecule has 0 aromatic heterocycles. The Bertz CT molecular complexity index is 637. The summed E-state index contributed by atoms with van der Waals surface area (Å²) in [4.78, 5) is 26.2. The molecule has 2 amide bonds. The van der Waals surface area contributed by atoms with Crippen LogP contribution in [0.1, 0.15) is 38.2 Å². The van der Waals surface area contributed by atoms with Crippen LogP contribution >= 0.6 is 11.6 Å². The molecule has 4 nitrogen and oxygen atoms in total. The molecule has 3 rings (SSSR count). The topological polar surface area (TPSA) is 49.4 Å². The maximum absolute atomic E-state index is 13.9. The molecule has 6 heteroatoms. The van der Waals surface area contributed by atoms with E-state index in [4.69, 9.17) is 11.6 Å². The Kier molecular flexibility index (Phi) is 4.57. The Morgan fingerprint density at radius 2 is 2.17 bits per heavy atom. The molecule has 3 atom stereocenters. The first-order valence-corrected chi connectivity index (χ1v) is 8.36. The number of halogens is 2. The SMILES string of the molecule is CC(=O)N1[C@H](C(=O)NCc2cccc(Cl)c2F)C[C@@H]2CCC[C@@H]21. The predicted molar refractivity (Wildman–Crippen MR) is 85.3 cm³/mol. The average Bonchev–Trinajstić information content (AvgIpc) is 3.08. The van der Waals surface area contributed by atoms with E-state index < -0.39 is 11.9 Å². The average molecular weight is 339 g/mol. The number of likely N-dealkylation sites (tertiary alicyclic amines) is 1. The molecule has 0 bridgehead atoms. The molecule has 2 fully saturated rings. The van der Waals surface area contributed by atoms with Crippen molar-refractivity contribution >= 4 is 23.4 Å². The van der Waals surface area contributed by atoms with Crippen LogP contribution in [0.2, 0.25) is 5.02 Å². The Morgan fingerprint density at radius 1 is 1.39 bits per heavy atom. The van der Waals surface area contributed by atoms with Crippen molar-refractivity contribution in [3.63, 3.8) is 0 Å². The number of nitrogens with one attached hydrogen (secondary N) is 1. The molecule has 1 saturated heterocycles. The Labute approximate surface area is 140 Å². The second kappa shape index (κ2) is 6.48. The van der Waals surface area contributed by atoms with Crippen LogP contribution in [0.4, 0.5) is 4.39 Å². The molecule has 2 aliphatic rings. The second-order valence-corrected chi connectivity index (χ2v) is 6.77. The van der Waals surface area contributed by atoms with Crippen molar-refractivity contribution in [1.82, 2.24) is 10.2 Å². The van der Waals surface area contributed by atoms with Gasteiger partial charge < -0.3 is 10.2 Å². The Morgan fingerprint density at radius 3 is 2.91 bits per heavy atom. The first-order valence-electron chi connectivity index (χ1n) is 7.98. The van der Waals surface area contributed by atoms with Gasteiger partial charge in [-0.3, -0.25) is 9.59 Å². The van der Waals surface area contributed by atoms with Gasteiger partial charge in [0.2, 0.25) is 11.8 Å². The molecule has 1 aliphatic heterocycles. The van der Waals surface area contributed by atoms with E-state index >= 15 is 0 Å². The number of nitrogens with zero attached hydrogens (tertiary/aromatic N) is 1. The highest BCUT2D eigenvalue weighted by atomic mass is 35.5. The molecular weight excluding hydrogens is 319 g/mol. The summed E-state index contributed by atoms with van der Waals surface area (Å²) in [5.41, 5.74) is 0.346. The van der Waals surface area contributed by atoms with Crippen molar-refractivity contribution in [3.8, 4) is 0 Å². The highest BCUT2D eigenvalue weighted by Crippen LogP contribution is 2.41. The maximum Gasteiger partial charge on any atom is 0.243 e. The molecule has 1 aromatic carbocycles. The lowest BCUT2D eigenvalue weighted by Crippen LogP contribution is -2.47. The van der Waals surface area contributed by atoms with Gasteiger partial charge in [-0.05, 0) is 31.2 Å². The number of fused-ring (bicyclic) bond motifs is 1. The lowest BCUT2D eigenvalue weighted by atomic mass is 10.0. The number of rotatable bonds is 3. The van der Waals surface area contributed by atoms with Gasteiger partial charge >= 0.3 is 0 Å². The van der Waals surface area contributed by atoms with Gasteiger partial charge in [-0.25, -0.2) is 4.39 Å². The number of benzene rings is 1. The molecule has 1 aromatic rings. The summed E-state index contributed by atoms with van der Waals surface area (Å²) in [6.45, 7) is 1.58. The zero-order valence-corrected chi connectivity index (χ0v) is 13.8. The van der Waals surface area contributed by atoms with Crippen molar-refractivity contribution < 1.29 is 14.0 Å². The normalized spacial score (nSPS) is 26.2. The van der Waals surface area contributed by atoms with Crippen LogP contribution in [0.25, 0.3) is 0 Å². The molecule has 1 saturated carbocycles. The fraction of sp³-hybridized carbons (Fsp3) is 0.529. The number of amides is 2. The number of carbonyl (C=O) groups is 2. The lowest BCUT2D eigenvalue weighted by molar-refractivity contribution is -0.138. The maximum atomic E-state index is 13.9. The largest absolute Gasteiger partial charge is 0.350 e. The fourth-order valence-corrected chi connectivity index (χ4v) is 4.16. The van der Waals surface area contributed by atoms with Crippen LogP contribution < -0.4 is 5.32 Å². The van der Waals surface area contributed by atoms with E-state index in [1.807, 2.05) is 0 Å². The molecule has 1 N–H and O–H groups in total. The summed E-state index contributed by atoms with van der Waals surface area (Å²) >= 11 is 5.75. The van der Waals surface area contributed by atoms with Crippen molar-refractivity contribution in [2.45, 2.75) is 51.2 Å². The molecule has 23 heavy (non-hydrogen) atoms. The summed E-state index contributed by atoms with van der Waals surface area (Å²) in [5, 5.41) is 2.79. The first kappa shape index (κ1) is 16.2. The highest BCUT2D eigenvalue weighted by molar-refractivity contribution is 6.30. The van der Waals surface area contributed by atoms with Crippen LogP contribution in [0.3, 0.4) is 0 Å². The molecule has 1 heterocycles. The van der Waals surface area contributed by atoms with E-state index in [1.54, 1.807) is 17.0 Å². The molecule has 0 unspecified atom stereocenters. The number of carbonyl (C=O) groups excluding carboxylic acids is 2. The zero-order valence-electron chi connectivity index (χ0n) is 13.0. The van der Waals surface area contributed by atoms with Crippen molar-refractivity contribution in [1.29, 1.82) is 0 Å². The summed E-state index contributed by atoms with van der Waals surface area (Å²) in [6.07, 6.45) is 3.85. The van der Waals surface area contributed by atoms with Gasteiger partial charge in [0.25, 0.3) is 0 Å². The van der Waals surface area contributed by atoms with Crippen molar-refractivity contribution in [2.24, 2.45) is 5.92 Å². The smallest absolute Gasteiger partial charge is 0.243 e. The quantitative estimate of drug-likeness (QED) is 0.921. The molecule has 124 valence electrons. The second-order valence-electron chi connectivity index (χ2n) is 6.37. The van der Waals surface area contributed by atoms with Gasteiger partial charge in [0.15, 0.2) is 0 Å². The van der Waals surface area contributed by atoms with Crippen molar-refractivity contribution in [2.75, 3.05) is 0 Å². The monoisotopic (exact) mass is 338 g/mol. The number of hydrogen-bond acceptors (Lipinski definition) is 2. The Balaban J connectivity index is 1.68. The minimum atomic E-state index is -0.513. The third kappa shape index (κ3) is 3.07. The standard InChI is InChI=1S/C17H20ClFN2O2/c1-10(22)21-14-7-3-4-11(14)8-15(21)17(23)20-9-12-5-2-6-13(18)16(12)19/h2,5-6,11,14-15H,3-4,7-9H2,1H3,(H,20,23)/t11-,14-,15-/m0/s1. The molecular formula is C17H20ClFN2O2. The Hall–Kier alpha value is -1.62. The van der Waals surface area contributed by atoms with Crippen LogP contribution in [0, 0.1) is 11.7 Å². The highest BCUT2D eigenvalue weighted by Gasteiger charge is 2.47. The first-order chi connectivity index (χ1) is 11.0. The molecule has 1 aliphatic carbocycles. The summed E-state index contributed by atoms with van der Waals surface area (Å²) in [7, 11) is 0. The van der Waals surface area contributed by atoms with Crippen LogP contribution in [0.5, 0.6) is 0 Å². The zero-order chi connectivity index (χ0) is 16.6. The third-order valence-corrected chi connectivity index (χ3v) is 5.28. The summed E-state index contributed by atoms with van der Waals surface area (Å²) < 4.78 is 13.9. The molecule has 0 radical (unpaired) electrons. The van der Waals surface area contributed by atoms with E-state index in [-0.39, 0.29) is 29.4 Å². The van der Waals surface area contributed by atoms with Crippen LogP contribution in [0.15, 0.2) is 18.2 Å². The van der Waals surface area contributed by atoms with Crippen LogP contribution in [-0.4, -0.2) is 28.8 Å². The van der Waals surface area contributed by atoms with Gasteiger partial charge in [0.05, 0.1) is 5.02 Å². The van der Waals surface area contributed by atoms with E-state index in [0.29, 0.717) is 17.9 Å². The lowest BCUT2D eigenvalue weighted by Gasteiger charge is -2.28. The van der Waals surface area contributed by atoms with Crippen LogP contribution in [-0.2, 0) is 16.1 Å². The van der Waals surface area contributed by atoms with E-state index in [9.17, 15) is 14.0 Å². The van der Waals surface area contributed by atoms with Gasteiger partial charge in [0.1, 0.15) is 11.9 Å². The van der Waals surface area contributed by atoms with Gasteiger partial charge in [-0.1, -0.05) is 30.2 Å². The van der Waals surface area contributed by atoms with E-state index in [0.717, 1.165) is 19.3 Å². The van der Waals surface area contributed by atoms with Gasteiger partial charge in [-0.2, -0.15) is 0 Å². The number of hydrogen-bond donors (Lipinski definition) is 1. The minimum Gasteiger partial charge on any atom is -0.350 e. The van der Waals surface area contributed by atoms with E-state index in [2.05, 4.69) is 5.32 Å². The fourth-order valence-electron chi connectivity index (χ4n) is 3.96. The van der Waals surface area contributed by atoms with Gasteiger partial charge in [-0.15, -0.1) is 0 Å². The minimum absolute atomic E-state index is 0.0394. The van der Waals surface area contributed by atoms with Gasteiger partial charge in [0, 0.05) is 25.1 Å².